The smallest absolute Gasteiger partial charge is 0.304 e. The average Bonchev–Trinajstić information content (AvgIpc) is 3.07. The van der Waals surface area contributed by atoms with E-state index in [-0.39, 0.29) is 21.9 Å². The van der Waals surface area contributed by atoms with Crippen LogP contribution in [0.5, 0.6) is 0 Å². The Morgan fingerprint density at radius 3 is 2.55 bits per heavy atom. The molecule has 0 aromatic carbocycles. The Morgan fingerprint density at radius 1 is 1.14 bits per heavy atom. The lowest BCUT2D eigenvalue weighted by Crippen LogP contribution is -2.19. The van der Waals surface area contributed by atoms with Gasteiger partial charge in [-0.3, -0.25) is 0 Å². The number of halogens is 5. The minimum atomic E-state index is -4.56. The Labute approximate surface area is 178 Å². The summed E-state index contributed by atoms with van der Waals surface area (Å²) in [6.07, 6.45) is 0.970. The third kappa shape index (κ3) is 3.91. The molecular weight excluding hydrogens is 444 g/mol. The summed E-state index contributed by atoms with van der Waals surface area (Å²) in [6, 6.07) is 3.63. The fourth-order valence-electron chi connectivity index (χ4n) is 3.54. The maximum atomic E-state index is 13.6. The van der Waals surface area contributed by atoms with Crippen molar-refractivity contribution >= 4 is 40.6 Å². The van der Waals surface area contributed by atoms with Gasteiger partial charge in [0.05, 0.1) is 21.3 Å². The van der Waals surface area contributed by atoms with Gasteiger partial charge in [-0.05, 0) is 42.9 Å². The highest BCUT2D eigenvalue weighted by Crippen LogP contribution is 2.40. The minimum absolute atomic E-state index is 0.0849. The first-order valence-electron chi connectivity index (χ1n) is 8.76. The topological polar surface area (TPSA) is 54.0 Å². The summed E-state index contributed by atoms with van der Waals surface area (Å²) in [7, 11) is 0. The molecule has 4 nitrogen and oxygen atoms in total. The van der Waals surface area contributed by atoms with E-state index in [1.165, 1.54) is 0 Å². The number of nitrogens with zero attached hydrogens (tertiary/aromatic N) is 4. The molecule has 150 valence electrons. The van der Waals surface area contributed by atoms with Gasteiger partial charge in [0.15, 0.2) is 5.65 Å². The molecule has 3 heterocycles. The predicted octanol–water partition coefficient (Wildman–Crippen LogP) is 6.10. The number of nitriles is 1. The standard InChI is InChI=1S/C19H13Cl2F3N4S/c20-10-5-15(21)17-26-11(8-28(17)7-10)9-29-18-14(6-25)12-3-1-2-4-13(12)16(27-18)19(22,23)24/h5,7-8H,1-4,9H2. The fraction of sp³-hybridized carbons (Fsp3) is 0.316. The minimum Gasteiger partial charge on any atom is -0.304 e. The van der Waals surface area contributed by atoms with Crippen LogP contribution in [0.4, 0.5) is 13.2 Å². The molecule has 3 aromatic rings. The van der Waals surface area contributed by atoms with Crippen molar-refractivity contribution in [3.05, 3.63) is 56.6 Å². The third-order valence-electron chi connectivity index (χ3n) is 4.74. The molecule has 29 heavy (non-hydrogen) atoms. The molecule has 0 radical (unpaired) electrons. The van der Waals surface area contributed by atoms with E-state index in [9.17, 15) is 18.4 Å². The van der Waals surface area contributed by atoms with E-state index in [4.69, 9.17) is 23.2 Å². The van der Waals surface area contributed by atoms with Gasteiger partial charge in [0.2, 0.25) is 0 Å². The van der Waals surface area contributed by atoms with Gasteiger partial charge in [0, 0.05) is 18.1 Å². The predicted molar refractivity (Wildman–Crippen MR) is 105 cm³/mol. The average molecular weight is 457 g/mol. The molecule has 0 bridgehead atoms. The van der Waals surface area contributed by atoms with Crippen molar-refractivity contribution in [3.8, 4) is 6.07 Å². The van der Waals surface area contributed by atoms with Crippen LogP contribution in [0.3, 0.4) is 0 Å². The number of pyridine rings is 2. The summed E-state index contributed by atoms with van der Waals surface area (Å²) in [5.74, 6) is 0.243. The van der Waals surface area contributed by atoms with E-state index in [1.807, 2.05) is 0 Å². The van der Waals surface area contributed by atoms with E-state index in [1.54, 1.807) is 22.9 Å². The molecule has 10 heteroatoms. The molecule has 0 saturated heterocycles. The lowest BCUT2D eigenvalue weighted by molar-refractivity contribution is -0.142. The van der Waals surface area contributed by atoms with Gasteiger partial charge >= 0.3 is 6.18 Å². The fourth-order valence-corrected chi connectivity index (χ4v) is 4.96. The molecular formula is C19H13Cl2F3N4S. The zero-order valence-corrected chi connectivity index (χ0v) is 17.2. The van der Waals surface area contributed by atoms with Gasteiger partial charge in [-0.25, -0.2) is 9.97 Å². The highest BCUT2D eigenvalue weighted by Gasteiger charge is 2.38. The van der Waals surface area contributed by atoms with Crippen molar-refractivity contribution in [1.82, 2.24) is 14.4 Å². The maximum Gasteiger partial charge on any atom is 0.433 e. The summed E-state index contributed by atoms with van der Waals surface area (Å²) in [5, 5.41) is 10.5. The number of thioether (sulfide) groups is 1. The second-order valence-electron chi connectivity index (χ2n) is 6.67. The van der Waals surface area contributed by atoms with Crippen LogP contribution in [0.25, 0.3) is 5.65 Å². The number of rotatable bonds is 3. The molecule has 0 aliphatic heterocycles. The quantitative estimate of drug-likeness (QED) is 0.446. The molecule has 4 rings (SSSR count). The molecule has 1 aliphatic rings. The Balaban J connectivity index is 1.72. The van der Waals surface area contributed by atoms with Crippen molar-refractivity contribution in [2.75, 3.05) is 0 Å². The molecule has 0 N–H and O–H groups in total. The number of aromatic nitrogens is 3. The monoisotopic (exact) mass is 456 g/mol. The largest absolute Gasteiger partial charge is 0.433 e. The zero-order chi connectivity index (χ0) is 20.8. The van der Waals surface area contributed by atoms with Crippen molar-refractivity contribution in [2.24, 2.45) is 0 Å². The first kappa shape index (κ1) is 20.3. The van der Waals surface area contributed by atoms with Crippen molar-refractivity contribution < 1.29 is 13.2 Å². The van der Waals surface area contributed by atoms with Gasteiger partial charge in [0.1, 0.15) is 16.8 Å². The first-order chi connectivity index (χ1) is 13.8. The molecule has 0 amide bonds. The Hall–Kier alpha value is -1.95. The van der Waals surface area contributed by atoms with Crippen LogP contribution >= 0.6 is 35.0 Å². The summed E-state index contributed by atoms with van der Waals surface area (Å²) < 4.78 is 42.4. The van der Waals surface area contributed by atoms with Crippen LogP contribution < -0.4 is 0 Å². The Morgan fingerprint density at radius 2 is 1.86 bits per heavy atom. The number of fused-ring (bicyclic) bond motifs is 2. The summed E-state index contributed by atoms with van der Waals surface area (Å²) in [4.78, 5) is 8.26. The molecule has 0 fully saturated rings. The number of hydrogen-bond acceptors (Lipinski definition) is 4. The van der Waals surface area contributed by atoms with Gasteiger partial charge in [0.25, 0.3) is 0 Å². The van der Waals surface area contributed by atoms with Crippen LogP contribution in [0.1, 0.15) is 40.9 Å². The molecule has 0 unspecified atom stereocenters. The highest BCUT2D eigenvalue weighted by atomic mass is 35.5. The third-order valence-corrected chi connectivity index (χ3v) is 6.24. The van der Waals surface area contributed by atoms with Crippen LogP contribution in [0.2, 0.25) is 10.0 Å². The Bertz CT molecular complexity index is 1150. The zero-order valence-electron chi connectivity index (χ0n) is 14.9. The van der Waals surface area contributed by atoms with Crippen molar-refractivity contribution in [1.29, 1.82) is 5.26 Å². The van der Waals surface area contributed by atoms with E-state index in [2.05, 4.69) is 16.0 Å². The van der Waals surface area contributed by atoms with Crippen molar-refractivity contribution in [2.45, 2.75) is 42.6 Å². The number of hydrogen-bond donors (Lipinski definition) is 0. The molecule has 0 atom stereocenters. The molecule has 0 saturated carbocycles. The van der Waals surface area contributed by atoms with E-state index in [0.717, 1.165) is 18.2 Å². The summed E-state index contributed by atoms with van der Waals surface area (Å²) >= 11 is 13.2. The SMILES string of the molecule is N#Cc1c(SCc2cn3cc(Cl)cc(Cl)c3n2)nc(C(F)(F)F)c2c1CCCC2. The lowest BCUT2D eigenvalue weighted by atomic mass is 9.88. The first-order valence-corrected chi connectivity index (χ1v) is 10.5. The van der Waals surface area contributed by atoms with Crippen LogP contribution in [-0.4, -0.2) is 14.4 Å². The van der Waals surface area contributed by atoms with E-state index >= 15 is 0 Å². The van der Waals surface area contributed by atoms with Gasteiger partial charge < -0.3 is 4.40 Å². The van der Waals surface area contributed by atoms with Crippen molar-refractivity contribution in [3.63, 3.8) is 0 Å². The second-order valence-corrected chi connectivity index (χ2v) is 8.48. The summed E-state index contributed by atoms with van der Waals surface area (Å²) in [6.45, 7) is 0. The summed E-state index contributed by atoms with van der Waals surface area (Å²) in [5.41, 5.74) is 1.10. The number of imidazole rings is 1. The molecule has 1 aliphatic carbocycles. The lowest BCUT2D eigenvalue weighted by Gasteiger charge is -2.22. The van der Waals surface area contributed by atoms with Crippen LogP contribution in [-0.2, 0) is 24.8 Å². The van der Waals surface area contributed by atoms with E-state index in [0.29, 0.717) is 46.2 Å². The van der Waals surface area contributed by atoms with Crippen LogP contribution in [0.15, 0.2) is 23.5 Å². The van der Waals surface area contributed by atoms with Crippen LogP contribution in [0, 0.1) is 11.3 Å². The maximum absolute atomic E-state index is 13.6. The normalized spacial score (nSPS) is 14.1. The molecule has 0 spiro atoms. The van der Waals surface area contributed by atoms with Gasteiger partial charge in [-0.1, -0.05) is 35.0 Å². The Kier molecular flexibility index (Phi) is 5.40. The van der Waals surface area contributed by atoms with Gasteiger partial charge in [-0.2, -0.15) is 18.4 Å². The molecule has 3 aromatic heterocycles. The second kappa shape index (κ2) is 7.71. The highest BCUT2D eigenvalue weighted by molar-refractivity contribution is 7.98. The number of alkyl halides is 3. The van der Waals surface area contributed by atoms with E-state index < -0.39 is 11.9 Å². The van der Waals surface area contributed by atoms with Gasteiger partial charge in [-0.15, -0.1) is 0 Å².